The number of nitrogens with one attached hydrogen (secondary N) is 1. The predicted octanol–water partition coefficient (Wildman–Crippen LogP) is 2.15. The van der Waals surface area contributed by atoms with Crippen molar-refractivity contribution in [3.8, 4) is 0 Å². The maximum atomic E-state index is 13.4. The van der Waals surface area contributed by atoms with Crippen LogP contribution in [0.4, 0.5) is 5.69 Å². The van der Waals surface area contributed by atoms with Gasteiger partial charge in [0, 0.05) is 13.0 Å². The maximum absolute atomic E-state index is 13.4. The summed E-state index contributed by atoms with van der Waals surface area (Å²) >= 11 is 0. The third kappa shape index (κ3) is 3.77. The first kappa shape index (κ1) is 24.2. The normalized spacial score (nSPS) is 29.4. The van der Waals surface area contributed by atoms with Gasteiger partial charge in [0.05, 0.1) is 24.0 Å². The molecular formula is C22H30N2O7S2. The molecular weight excluding hydrogens is 468 g/mol. The third-order valence-corrected chi connectivity index (χ3v) is 11.4. The second kappa shape index (κ2) is 8.06. The molecule has 1 aromatic carbocycles. The van der Waals surface area contributed by atoms with E-state index in [1.165, 1.54) is 31.4 Å². The molecule has 3 atom stereocenters. The van der Waals surface area contributed by atoms with E-state index in [-0.39, 0.29) is 34.6 Å². The zero-order valence-electron chi connectivity index (χ0n) is 19.0. The minimum absolute atomic E-state index is 0.0342. The number of hydrogen-bond acceptors (Lipinski definition) is 7. The molecule has 11 heteroatoms. The molecule has 33 heavy (non-hydrogen) atoms. The summed E-state index contributed by atoms with van der Waals surface area (Å²) in [5.74, 6) is -0.900. The average molecular weight is 499 g/mol. The smallest absolute Gasteiger partial charge is 0.324 e. The lowest BCUT2D eigenvalue weighted by Gasteiger charge is -2.36. The summed E-state index contributed by atoms with van der Waals surface area (Å²) in [6, 6.07) is 4.78. The molecule has 3 aliphatic rings. The molecule has 9 nitrogen and oxygen atoms in total. The Bertz CT molecular complexity index is 1190. The van der Waals surface area contributed by atoms with Gasteiger partial charge < -0.3 is 4.74 Å². The Hall–Kier alpha value is -1.98. The average Bonchev–Trinajstić information content (AvgIpc) is 3.37. The number of carbonyl (C=O) groups is 2. The van der Waals surface area contributed by atoms with Gasteiger partial charge in [-0.2, -0.15) is 4.31 Å². The van der Waals surface area contributed by atoms with Gasteiger partial charge in [-0.15, -0.1) is 0 Å². The molecule has 2 bridgehead atoms. The highest BCUT2D eigenvalue weighted by Gasteiger charge is 2.65. The van der Waals surface area contributed by atoms with Crippen LogP contribution in [0.5, 0.6) is 0 Å². The summed E-state index contributed by atoms with van der Waals surface area (Å²) in [6.07, 6.45) is 2.54. The first-order valence-electron chi connectivity index (χ1n) is 11.1. The van der Waals surface area contributed by atoms with E-state index in [1.807, 2.05) is 13.8 Å². The molecule has 1 aromatic rings. The molecule has 4 rings (SSSR count). The van der Waals surface area contributed by atoms with E-state index >= 15 is 0 Å². The Morgan fingerprint density at radius 3 is 2.48 bits per heavy atom. The first-order valence-corrected chi connectivity index (χ1v) is 14.2. The standard InChI is InChI=1S/C22H30N2O7S2/c1-21(2)15-10-11-22(21,19(25)13-15)14-32(27,28)23-16-7-4-5-9-18(16)33(29,30)24-12-6-8-17(24)20(26)31-3/h4-5,7,9,15,17,23H,6,8,10-14H2,1-3H3. The van der Waals surface area contributed by atoms with Crippen molar-refractivity contribution in [2.75, 3.05) is 24.1 Å². The Kier molecular flexibility index (Phi) is 5.90. The van der Waals surface area contributed by atoms with E-state index < -0.39 is 42.9 Å². The molecule has 0 amide bonds. The highest BCUT2D eigenvalue weighted by Crippen LogP contribution is 2.64. The topological polar surface area (TPSA) is 127 Å². The van der Waals surface area contributed by atoms with Crippen molar-refractivity contribution in [2.24, 2.45) is 16.7 Å². The number of ketones is 1. The van der Waals surface area contributed by atoms with Gasteiger partial charge in [0.1, 0.15) is 16.7 Å². The molecule has 3 fully saturated rings. The van der Waals surface area contributed by atoms with Gasteiger partial charge in [0.15, 0.2) is 0 Å². The monoisotopic (exact) mass is 498 g/mol. The zero-order chi connectivity index (χ0) is 24.2. The molecule has 3 unspecified atom stereocenters. The number of methoxy groups -OCH3 is 1. The maximum Gasteiger partial charge on any atom is 0.324 e. The zero-order valence-corrected chi connectivity index (χ0v) is 20.7. The number of ether oxygens (including phenoxy) is 1. The van der Waals surface area contributed by atoms with Gasteiger partial charge in [-0.3, -0.25) is 14.3 Å². The number of para-hydroxylation sites is 1. The Labute approximate surface area is 195 Å². The van der Waals surface area contributed by atoms with Crippen molar-refractivity contribution in [1.82, 2.24) is 4.31 Å². The van der Waals surface area contributed by atoms with Crippen LogP contribution in [0.2, 0.25) is 0 Å². The Morgan fingerprint density at radius 1 is 1.18 bits per heavy atom. The fourth-order valence-electron chi connectivity index (χ4n) is 5.94. The lowest BCUT2D eigenvalue weighted by Crippen LogP contribution is -2.44. The molecule has 0 radical (unpaired) electrons. The molecule has 1 N–H and O–H groups in total. The number of carbonyl (C=O) groups excluding carboxylic acids is 2. The van der Waals surface area contributed by atoms with Crippen LogP contribution < -0.4 is 4.72 Å². The van der Waals surface area contributed by atoms with E-state index in [0.29, 0.717) is 25.7 Å². The van der Waals surface area contributed by atoms with Gasteiger partial charge in [-0.1, -0.05) is 26.0 Å². The largest absolute Gasteiger partial charge is 0.468 e. The summed E-state index contributed by atoms with van der Waals surface area (Å²) in [7, 11) is -7.03. The van der Waals surface area contributed by atoms with Crippen LogP contribution in [0.1, 0.15) is 46.0 Å². The number of esters is 1. The number of rotatable bonds is 7. The molecule has 1 aliphatic heterocycles. The fourth-order valence-corrected chi connectivity index (χ4v) is 9.71. The quantitative estimate of drug-likeness (QED) is 0.571. The van der Waals surface area contributed by atoms with Crippen LogP contribution in [-0.2, 0) is 34.4 Å². The number of fused-ring (bicyclic) bond motifs is 2. The fraction of sp³-hybridized carbons (Fsp3) is 0.636. The number of sulfonamides is 2. The molecule has 182 valence electrons. The second-order valence-electron chi connectivity index (χ2n) is 9.82. The van der Waals surface area contributed by atoms with Gasteiger partial charge in [-0.05, 0) is 49.1 Å². The van der Waals surface area contributed by atoms with Gasteiger partial charge in [0.25, 0.3) is 0 Å². The van der Waals surface area contributed by atoms with E-state index in [0.717, 1.165) is 10.7 Å². The minimum Gasteiger partial charge on any atom is -0.468 e. The Balaban J connectivity index is 1.65. The number of Topliss-reactive ketones (excluding diaryl/α,β-unsaturated/α-hetero) is 1. The molecule has 2 aliphatic carbocycles. The Morgan fingerprint density at radius 2 is 1.88 bits per heavy atom. The van der Waals surface area contributed by atoms with Crippen LogP contribution >= 0.6 is 0 Å². The summed E-state index contributed by atoms with van der Waals surface area (Å²) in [5.41, 5.74) is -1.50. The van der Waals surface area contributed by atoms with Crippen LogP contribution in [-0.4, -0.2) is 58.3 Å². The number of benzene rings is 1. The highest BCUT2D eigenvalue weighted by molar-refractivity contribution is 7.93. The molecule has 1 heterocycles. The van der Waals surface area contributed by atoms with Gasteiger partial charge in [0.2, 0.25) is 20.0 Å². The predicted molar refractivity (Wildman–Crippen MR) is 121 cm³/mol. The molecule has 2 saturated carbocycles. The van der Waals surface area contributed by atoms with Gasteiger partial charge >= 0.3 is 5.97 Å². The summed E-state index contributed by atoms with van der Waals surface area (Å²) in [6.45, 7) is 4.03. The van der Waals surface area contributed by atoms with Crippen molar-refractivity contribution in [3.05, 3.63) is 24.3 Å². The van der Waals surface area contributed by atoms with E-state index in [1.54, 1.807) is 0 Å². The van der Waals surface area contributed by atoms with E-state index in [4.69, 9.17) is 4.74 Å². The van der Waals surface area contributed by atoms with Crippen molar-refractivity contribution >= 4 is 37.5 Å². The summed E-state index contributed by atoms with van der Waals surface area (Å²) in [5, 5.41) is 0. The van der Waals surface area contributed by atoms with E-state index in [9.17, 15) is 26.4 Å². The SMILES string of the molecule is COC(=O)C1CCCN1S(=O)(=O)c1ccccc1NS(=O)(=O)CC12CCC(CC1=O)C2(C)C. The van der Waals surface area contributed by atoms with Gasteiger partial charge in [-0.25, -0.2) is 16.8 Å². The minimum atomic E-state index is -4.18. The van der Waals surface area contributed by atoms with Crippen LogP contribution in [0, 0.1) is 16.7 Å². The lowest BCUT2D eigenvalue weighted by molar-refractivity contribution is -0.144. The summed E-state index contributed by atoms with van der Waals surface area (Å²) < 4.78 is 61.6. The van der Waals surface area contributed by atoms with Crippen molar-refractivity contribution in [3.63, 3.8) is 0 Å². The van der Waals surface area contributed by atoms with Crippen LogP contribution in [0.15, 0.2) is 29.2 Å². The van der Waals surface area contributed by atoms with Crippen molar-refractivity contribution in [1.29, 1.82) is 0 Å². The first-order chi connectivity index (χ1) is 15.4. The van der Waals surface area contributed by atoms with Crippen molar-refractivity contribution < 1.29 is 31.2 Å². The van der Waals surface area contributed by atoms with Crippen LogP contribution in [0.25, 0.3) is 0 Å². The number of nitrogens with zero attached hydrogens (tertiary/aromatic N) is 1. The van der Waals surface area contributed by atoms with Crippen LogP contribution in [0.3, 0.4) is 0 Å². The molecule has 0 spiro atoms. The lowest BCUT2D eigenvalue weighted by atomic mass is 9.70. The third-order valence-electron chi connectivity index (χ3n) is 7.99. The number of anilines is 1. The molecule has 0 aromatic heterocycles. The molecule has 1 saturated heterocycles. The number of hydrogen-bond donors (Lipinski definition) is 1. The summed E-state index contributed by atoms with van der Waals surface area (Å²) in [4.78, 5) is 24.7. The second-order valence-corrected chi connectivity index (χ2v) is 13.4. The van der Waals surface area contributed by atoms with Crippen molar-refractivity contribution in [2.45, 2.75) is 56.9 Å². The van der Waals surface area contributed by atoms with E-state index in [2.05, 4.69) is 4.72 Å². The highest BCUT2D eigenvalue weighted by atomic mass is 32.2.